The van der Waals surface area contributed by atoms with E-state index in [2.05, 4.69) is 18.2 Å². The van der Waals surface area contributed by atoms with Gasteiger partial charge in [-0.15, -0.1) is 0 Å². The lowest BCUT2D eigenvalue weighted by atomic mass is 9.98. The average molecular weight is 233 g/mol. The molecule has 2 heteroatoms. The first-order valence-corrected chi connectivity index (χ1v) is 6.80. The summed E-state index contributed by atoms with van der Waals surface area (Å²) in [5, 5.41) is 0. The van der Waals surface area contributed by atoms with Gasteiger partial charge in [-0.2, -0.15) is 0 Å². The Morgan fingerprint density at radius 3 is 2.82 bits per heavy atom. The van der Waals surface area contributed by atoms with E-state index in [1.807, 2.05) is 6.07 Å². The van der Waals surface area contributed by atoms with Crippen LogP contribution in [0, 0.1) is 5.92 Å². The van der Waals surface area contributed by atoms with E-state index in [0.717, 1.165) is 11.7 Å². The van der Waals surface area contributed by atoms with Crippen molar-refractivity contribution < 1.29 is 4.74 Å². The minimum absolute atomic E-state index is 0.576. The highest BCUT2D eigenvalue weighted by atomic mass is 16.5. The molecule has 0 radical (unpaired) electrons. The van der Waals surface area contributed by atoms with Gasteiger partial charge in [0, 0.05) is 6.54 Å². The molecule has 2 N–H and O–H groups in total. The second-order valence-corrected chi connectivity index (χ2v) is 4.97. The Bertz CT molecular complexity index is 331. The Morgan fingerprint density at radius 1 is 1.24 bits per heavy atom. The van der Waals surface area contributed by atoms with E-state index in [1.165, 1.54) is 44.1 Å². The molecule has 1 saturated carbocycles. The zero-order valence-corrected chi connectivity index (χ0v) is 10.5. The van der Waals surface area contributed by atoms with Crippen LogP contribution in [0.25, 0.3) is 0 Å². The van der Waals surface area contributed by atoms with E-state index < -0.39 is 0 Å². The summed E-state index contributed by atoms with van der Waals surface area (Å²) in [6.07, 6.45) is 8.26. The summed E-state index contributed by atoms with van der Waals surface area (Å²) in [7, 11) is 0. The molecular weight excluding hydrogens is 210 g/mol. The van der Waals surface area contributed by atoms with E-state index in [4.69, 9.17) is 10.5 Å². The molecule has 0 saturated heterocycles. The van der Waals surface area contributed by atoms with Crippen LogP contribution >= 0.6 is 0 Å². The second-order valence-electron chi connectivity index (χ2n) is 4.97. The van der Waals surface area contributed by atoms with E-state index in [9.17, 15) is 0 Å². The van der Waals surface area contributed by atoms with Crippen LogP contribution in [0.3, 0.4) is 0 Å². The highest BCUT2D eigenvalue weighted by molar-refractivity contribution is 5.28. The first-order chi connectivity index (χ1) is 8.38. The van der Waals surface area contributed by atoms with Crippen LogP contribution in [0.1, 0.15) is 37.7 Å². The summed E-state index contributed by atoms with van der Waals surface area (Å²) in [4.78, 5) is 0. The van der Waals surface area contributed by atoms with Crippen molar-refractivity contribution in [2.75, 3.05) is 13.2 Å². The van der Waals surface area contributed by atoms with Crippen molar-refractivity contribution in [3.63, 3.8) is 0 Å². The standard InChI is InChI=1S/C15H23NO/c16-10-11-17-15-7-3-6-14(12-15)9-8-13-4-1-2-5-13/h3,6-7,12-13H,1-2,4-5,8-11,16H2. The average Bonchev–Trinajstić information content (AvgIpc) is 2.87. The molecule has 2 rings (SSSR count). The van der Waals surface area contributed by atoms with Crippen LogP contribution < -0.4 is 10.5 Å². The molecule has 94 valence electrons. The summed E-state index contributed by atoms with van der Waals surface area (Å²) < 4.78 is 5.54. The molecule has 1 aliphatic rings. The van der Waals surface area contributed by atoms with Crippen LogP contribution in [0.15, 0.2) is 24.3 Å². The Balaban J connectivity index is 1.82. The van der Waals surface area contributed by atoms with Crippen molar-refractivity contribution >= 4 is 0 Å². The predicted molar refractivity (Wildman–Crippen MR) is 71.3 cm³/mol. The SMILES string of the molecule is NCCOc1cccc(CCC2CCCC2)c1. The van der Waals surface area contributed by atoms with Gasteiger partial charge in [0.05, 0.1) is 0 Å². The largest absolute Gasteiger partial charge is 0.492 e. The molecule has 17 heavy (non-hydrogen) atoms. The van der Waals surface area contributed by atoms with Crippen molar-refractivity contribution in [3.05, 3.63) is 29.8 Å². The number of aryl methyl sites for hydroxylation is 1. The van der Waals surface area contributed by atoms with Gasteiger partial charge in [0.1, 0.15) is 12.4 Å². The molecule has 0 amide bonds. The fraction of sp³-hybridized carbons (Fsp3) is 0.600. The Kier molecular flexibility index (Phi) is 4.87. The molecule has 0 heterocycles. The number of hydrogen-bond donors (Lipinski definition) is 1. The van der Waals surface area contributed by atoms with Crippen LogP contribution in [0.2, 0.25) is 0 Å². The first kappa shape index (κ1) is 12.4. The maximum absolute atomic E-state index is 5.54. The number of rotatable bonds is 6. The van der Waals surface area contributed by atoms with Crippen molar-refractivity contribution in [1.82, 2.24) is 0 Å². The van der Waals surface area contributed by atoms with Gasteiger partial charge in [-0.05, 0) is 36.5 Å². The van der Waals surface area contributed by atoms with Gasteiger partial charge in [-0.3, -0.25) is 0 Å². The summed E-state index contributed by atoms with van der Waals surface area (Å²) >= 11 is 0. The van der Waals surface area contributed by atoms with E-state index in [-0.39, 0.29) is 0 Å². The lowest BCUT2D eigenvalue weighted by molar-refractivity contribution is 0.328. The molecule has 0 atom stereocenters. The van der Waals surface area contributed by atoms with Gasteiger partial charge in [0.25, 0.3) is 0 Å². The molecule has 1 aliphatic carbocycles. The van der Waals surface area contributed by atoms with Gasteiger partial charge in [-0.1, -0.05) is 37.8 Å². The van der Waals surface area contributed by atoms with Crippen LogP contribution in [0.5, 0.6) is 5.75 Å². The Hall–Kier alpha value is -1.02. The molecule has 0 aromatic heterocycles. The van der Waals surface area contributed by atoms with Crippen molar-refractivity contribution in [2.45, 2.75) is 38.5 Å². The smallest absolute Gasteiger partial charge is 0.119 e. The molecule has 1 fully saturated rings. The zero-order chi connectivity index (χ0) is 11.9. The van der Waals surface area contributed by atoms with Crippen LogP contribution in [0.4, 0.5) is 0 Å². The molecule has 1 aromatic rings. The number of benzene rings is 1. The predicted octanol–water partition coefficient (Wildman–Crippen LogP) is 3.15. The molecule has 0 unspecified atom stereocenters. The third-order valence-corrected chi connectivity index (χ3v) is 3.60. The van der Waals surface area contributed by atoms with Gasteiger partial charge in [-0.25, -0.2) is 0 Å². The fourth-order valence-corrected chi connectivity index (χ4v) is 2.64. The fourth-order valence-electron chi connectivity index (χ4n) is 2.64. The monoisotopic (exact) mass is 233 g/mol. The number of ether oxygens (including phenoxy) is 1. The number of hydrogen-bond acceptors (Lipinski definition) is 2. The molecule has 1 aromatic carbocycles. The highest BCUT2D eigenvalue weighted by Crippen LogP contribution is 2.29. The van der Waals surface area contributed by atoms with Crippen molar-refractivity contribution in [1.29, 1.82) is 0 Å². The number of nitrogens with two attached hydrogens (primary N) is 1. The molecule has 2 nitrogen and oxygen atoms in total. The third kappa shape index (κ3) is 4.04. The van der Waals surface area contributed by atoms with Gasteiger partial charge < -0.3 is 10.5 Å². The molecule has 0 bridgehead atoms. The minimum atomic E-state index is 0.576. The maximum Gasteiger partial charge on any atom is 0.119 e. The normalized spacial score (nSPS) is 16.3. The Labute approximate surface area is 104 Å². The van der Waals surface area contributed by atoms with E-state index >= 15 is 0 Å². The van der Waals surface area contributed by atoms with E-state index in [0.29, 0.717) is 13.2 Å². The van der Waals surface area contributed by atoms with Crippen molar-refractivity contribution in [3.8, 4) is 5.75 Å². The topological polar surface area (TPSA) is 35.2 Å². The summed E-state index contributed by atoms with van der Waals surface area (Å²) in [5.41, 5.74) is 6.83. The van der Waals surface area contributed by atoms with Crippen LogP contribution in [-0.4, -0.2) is 13.2 Å². The lowest BCUT2D eigenvalue weighted by Crippen LogP contribution is -2.10. The highest BCUT2D eigenvalue weighted by Gasteiger charge is 2.14. The van der Waals surface area contributed by atoms with E-state index in [1.54, 1.807) is 0 Å². The molecule has 0 aliphatic heterocycles. The zero-order valence-electron chi connectivity index (χ0n) is 10.5. The second kappa shape index (κ2) is 6.65. The first-order valence-electron chi connectivity index (χ1n) is 6.80. The van der Waals surface area contributed by atoms with Gasteiger partial charge in [0.15, 0.2) is 0 Å². The summed E-state index contributed by atoms with van der Waals surface area (Å²) in [6, 6.07) is 8.44. The summed E-state index contributed by atoms with van der Waals surface area (Å²) in [6.45, 7) is 1.18. The van der Waals surface area contributed by atoms with Gasteiger partial charge >= 0.3 is 0 Å². The lowest BCUT2D eigenvalue weighted by Gasteiger charge is -2.10. The van der Waals surface area contributed by atoms with Gasteiger partial charge in [0.2, 0.25) is 0 Å². The summed E-state index contributed by atoms with van der Waals surface area (Å²) in [5.74, 6) is 1.92. The van der Waals surface area contributed by atoms with Crippen molar-refractivity contribution in [2.24, 2.45) is 11.7 Å². The maximum atomic E-state index is 5.54. The molecule has 0 spiro atoms. The molecular formula is C15H23NO. The van der Waals surface area contributed by atoms with Crippen LogP contribution in [-0.2, 0) is 6.42 Å². The minimum Gasteiger partial charge on any atom is -0.492 e. The third-order valence-electron chi connectivity index (χ3n) is 3.60. The Morgan fingerprint density at radius 2 is 2.06 bits per heavy atom. The quantitative estimate of drug-likeness (QED) is 0.819.